The van der Waals surface area contributed by atoms with Crippen molar-refractivity contribution in [1.82, 2.24) is 14.8 Å². The van der Waals surface area contributed by atoms with Gasteiger partial charge < -0.3 is 0 Å². The lowest BCUT2D eigenvalue weighted by Gasteiger charge is -2.02. The van der Waals surface area contributed by atoms with Gasteiger partial charge in [0.15, 0.2) is 4.77 Å². The van der Waals surface area contributed by atoms with Crippen LogP contribution >= 0.6 is 12.2 Å². The SMILES string of the molecule is Cc1n[nH]c(=S)n1-c1cccc(F)c1. The summed E-state index contributed by atoms with van der Waals surface area (Å²) in [7, 11) is 0. The highest BCUT2D eigenvalue weighted by atomic mass is 32.1. The Morgan fingerprint density at radius 3 is 2.86 bits per heavy atom. The molecule has 0 radical (unpaired) electrons. The first-order valence-corrected chi connectivity index (χ1v) is 4.49. The summed E-state index contributed by atoms with van der Waals surface area (Å²) in [6, 6.07) is 6.22. The second-order valence-electron chi connectivity index (χ2n) is 2.89. The number of hydrogen-bond acceptors (Lipinski definition) is 2. The van der Waals surface area contributed by atoms with Gasteiger partial charge in [0.2, 0.25) is 0 Å². The van der Waals surface area contributed by atoms with Gasteiger partial charge in [-0.25, -0.2) is 4.39 Å². The predicted octanol–water partition coefficient (Wildman–Crippen LogP) is 2.38. The molecule has 1 heterocycles. The normalized spacial score (nSPS) is 10.4. The van der Waals surface area contributed by atoms with Crippen molar-refractivity contribution in [2.24, 2.45) is 0 Å². The number of rotatable bonds is 1. The minimum absolute atomic E-state index is 0.287. The van der Waals surface area contributed by atoms with Gasteiger partial charge in [0.25, 0.3) is 0 Å². The van der Waals surface area contributed by atoms with Crippen LogP contribution in [0.4, 0.5) is 4.39 Å². The zero-order chi connectivity index (χ0) is 10.1. The van der Waals surface area contributed by atoms with Crippen molar-refractivity contribution in [3.63, 3.8) is 0 Å². The maximum absolute atomic E-state index is 12.9. The van der Waals surface area contributed by atoms with Crippen LogP contribution in [0.15, 0.2) is 24.3 Å². The van der Waals surface area contributed by atoms with E-state index >= 15 is 0 Å². The Kier molecular flexibility index (Phi) is 2.17. The lowest BCUT2D eigenvalue weighted by Crippen LogP contribution is -1.97. The Balaban J connectivity index is 2.66. The molecule has 0 amide bonds. The van der Waals surface area contributed by atoms with Crippen molar-refractivity contribution in [3.8, 4) is 5.69 Å². The number of aryl methyl sites for hydroxylation is 1. The van der Waals surface area contributed by atoms with Gasteiger partial charge in [0.05, 0.1) is 5.69 Å². The molecule has 0 spiro atoms. The number of nitrogens with one attached hydrogen (secondary N) is 1. The van der Waals surface area contributed by atoms with E-state index in [9.17, 15) is 4.39 Å². The fraction of sp³-hybridized carbons (Fsp3) is 0.111. The van der Waals surface area contributed by atoms with Crippen molar-refractivity contribution in [2.45, 2.75) is 6.92 Å². The maximum atomic E-state index is 12.9. The molecule has 0 atom stereocenters. The van der Waals surface area contributed by atoms with Gasteiger partial charge in [-0.2, -0.15) is 5.10 Å². The summed E-state index contributed by atoms with van der Waals surface area (Å²) in [5.41, 5.74) is 0.682. The first kappa shape index (κ1) is 9.08. The Morgan fingerprint density at radius 1 is 1.50 bits per heavy atom. The third kappa shape index (κ3) is 1.46. The van der Waals surface area contributed by atoms with Crippen molar-refractivity contribution in [2.75, 3.05) is 0 Å². The quantitative estimate of drug-likeness (QED) is 0.731. The number of benzene rings is 1. The Morgan fingerprint density at radius 2 is 2.29 bits per heavy atom. The molecular weight excluding hydrogens is 201 g/mol. The molecule has 1 N–H and O–H groups in total. The molecule has 1 aromatic heterocycles. The summed E-state index contributed by atoms with van der Waals surface area (Å²) in [5, 5.41) is 6.59. The highest BCUT2D eigenvalue weighted by molar-refractivity contribution is 7.71. The second-order valence-corrected chi connectivity index (χ2v) is 3.28. The molecule has 0 aliphatic rings. The Labute approximate surface area is 85.2 Å². The van der Waals surface area contributed by atoms with Crippen LogP contribution in [0, 0.1) is 17.5 Å². The average Bonchev–Trinajstić information content (AvgIpc) is 2.46. The topological polar surface area (TPSA) is 33.6 Å². The van der Waals surface area contributed by atoms with Crippen molar-refractivity contribution < 1.29 is 4.39 Å². The summed E-state index contributed by atoms with van der Waals surface area (Å²) in [4.78, 5) is 0. The third-order valence-corrected chi connectivity index (χ3v) is 2.18. The summed E-state index contributed by atoms with van der Waals surface area (Å²) in [5.74, 6) is 0.422. The van der Waals surface area contributed by atoms with Crippen molar-refractivity contribution in [3.05, 3.63) is 40.7 Å². The monoisotopic (exact) mass is 209 g/mol. The molecule has 72 valence electrons. The zero-order valence-electron chi connectivity index (χ0n) is 7.49. The van der Waals surface area contributed by atoms with E-state index in [-0.39, 0.29) is 5.82 Å². The molecule has 0 aliphatic carbocycles. The molecule has 3 nitrogen and oxygen atoms in total. The van der Waals surface area contributed by atoms with E-state index in [0.29, 0.717) is 16.3 Å². The second kappa shape index (κ2) is 3.34. The van der Waals surface area contributed by atoms with Gasteiger partial charge in [0.1, 0.15) is 11.6 Å². The Bertz CT molecular complexity index is 515. The summed E-state index contributed by atoms with van der Waals surface area (Å²) in [6.45, 7) is 1.80. The van der Waals surface area contributed by atoms with Gasteiger partial charge in [0, 0.05) is 0 Å². The fourth-order valence-electron chi connectivity index (χ4n) is 1.29. The lowest BCUT2D eigenvalue weighted by atomic mass is 10.3. The average molecular weight is 209 g/mol. The van der Waals surface area contributed by atoms with E-state index in [1.165, 1.54) is 12.1 Å². The first-order valence-electron chi connectivity index (χ1n) is 4.08. The van der Waals surface area contributed by atoms with Crippen LogP contribution < -0.4 is 0 Å². The molecule has 1 aromatic carbocycles. The van der Waals surface area contributed by atoms with Crippen molar-refractivity contribution in [1.29, 1.82) is 0 Å². The van der Waals surface area contributed by atoms with Crippen LogP contribution in [-0.4, -0.2) is 14.8 Å². The van der Waals surface area contributed by atoms with Crippen LogP contribution in [0.25, 0.3) is 5.69 Å². The van der Waals surface area contributed by atoms with E-state index in [2.05, 4.69) is 10.2 Å². The number of hydrogen-bond donors (Lipinski definition) is 1. The van der Waals surface area contributed by atoms with Gasteiger partial charge in [-0.15, -0.1) is 0 Å². The van der Waals surface area contributed by atoms with Gasteiger partial charge in [-0.3, -0.25) is 9.67 Å². The molecular formula is C9H8FN3S. The van der Waals surface area contributed by atoms with Gasteiger partial charge in [-0.1, -0.05) is 6.07 Å². The van der Waals surface area contributed by atoms with E-state index in [0.717, 1.165) is 0 Å². The molecule has 14 heavy (non-hydrogen) atoms. The smallest absolute Gasteiger partial charge is 0.199 e. The maximum Gasteiger partial charge on any atom is 0.199 e. The molecule has 5 heteroatoms. The van der Waals surface area contributed by atoms with Crippen LogP contribution in [0.5, 0.6) is 0 Å². The minimum atomic E-state index is -0.287. The van der Waals surface area contributed by atoms with Gasteiger partial charge in [-0.05, 0) is 37.3 Å². The predicted molar refractivity (Wildman–Crippen MR) is 53.4 cm³/mol. The molecule has 0 aliphatic heterocycles. The summed E-state index contributed by atoms with van der Waals surface area (Å²) >= 11 is 5.02. The number of nitrogens with zero attached hydrogens (tertiary/aromatic N) is 2. The minimum Gasteiger partial charge on any atom is -0.272 e. The number of H-pyrrole nitrogens is 1. The van der Waals surface area contributed by atoms with E-state index < -0.39 is 0 Å². The molecule has 2 aromatic rings. The van der Waals surface area contributed by atoms with Crippen LogP contribution in [0.3, 0.4) is 0 Å². The molecule has 2 rings (SSSR count). The Hall–Kier alpha value is -1.49. The van der Waals surface area contributed by atoms with Crippen molar-refractivity contribution >= 4 is 12.2 Å². The van der Waals surface area contributed by atoms with E-state index in [1.807, 2.05) is 0 Å². The number of aromatic nitrogens is 3. The molecule has 0 saturated carbocycles. The van der Waals surface area contributed by atoms with Crippen LogP contribution in [0.1, 0.15) is 5.82 Å². The molecule has 0 fully saturated rings. The van der Waals surface area contributed by atoms with Gasteiger partial charge >= 0.3 is 0 Å². The number of halogens is 1. The standard InChI is InChI=1S/C9H8FN3S/c1-6-11-12-9(14)13(6)8-4-2-3-7(10)5-8/h2-5H,1H3,(H,12,14). The molecule has 0 saturated heterocycles. The summed E-state index contributed by atoms with van der Waals surface area (Å²) in [6.07, 6.45) is 0. The van der Waals surface area contributed by atoms with E-state index in [4.69, 9.17) is 12.2 Å². The zero-order valence-corrected chi connectivity index (χ0v) is 8.31. The first-order chi connectivity index (χ1) is 6.68. The highest BCUT2D eigenvalue weighted by Crippen LogP contribution is 2.11. The largest absolute Gasteiger partial charge is 0.272 e. The lowest BCUT2D eigenvalue weighted by molar-refractivity contribution is 0.626. The number of aromatic amines is 1. The molecule has 0 bridgehead atoms. The third-order valence-electron chi connectivity index (χ3n) is 1.91. The highest BCUT2D eigenvalue weighted by Gasteiger charge is 2.03. The van der Waals surface area contributed by atoms with E-state index in [1.54, 1.807) is 23.6 Å². The van der Waals surface area contributed by atoms with Crippen LogP contribution in [-0.2, 0) is 0 Å². The fourth-order valence-corrected chi connectivity index (χ4v) is 1.58. The summed E-state index contributed by atoms with van der Waals surface area (Å²) < 4.78 is 15.1. The molecule has 0 unspecified atom stereocenters. The van der Waals surface area contributed by atoms with Crippen LogP contribution in [0.2, 0.25) is 0 Å².